The lowest BCUT2D eigenvalue weighted by Gasteiger charge is -2.15. The van der Waals surface area contributed by atoms with Crippen LogP contribution in [0.4, 0.5) is 8.78 Å². The second-order valence-electron chi connectivity index (χ2n) is 5.26. The number of hydrogen-bond acceptors (Lipinski definition) is 2. The van der Waals surface area contributed by atoms with Crippen LogP contribution in [0, 0.1) is 11.6 Å². The molecule has 0 saturated carbocycles. The Balaban J connectivity index is 2.16. The van der Waals surface area contributed by atoms with Crippen LogP contribution in [0.3, 0.4) is 0 Å². The van der Waals surface area contributed by atoms with Crippen molar-refractivity contribution in [3.8, 4) is 5.75 Å². The van der Waals surface area contributed by atoms with E-state index in [9.17, 15) is 8.78 Å². The minimum absolute atomic E-state index is 0.0668. The first-order valence-corrected chi connectivity index (χ1v) is 6.92. The standard InChI is InChI=1S/C17H19F2NO/c1-11(2)21-14-7-3-5-12(9-14)16(20)10-13-6-4-8-15(18)17(13)19/h3-9,11,16H,10,20H2,1-2H3. The van der Waals surface area contributed by atoms with Crippen LogP contribution in [0.15, 0.2) is 42.5 Å². The lowest BCUT2D eigenvalue weighted by Crippen LogP contribution is -2.15. The van der Waals surface area contributed by atoms with Gasteiger partial charge in [-0.25, -0.2) is 8.78 Å². The zero-order valence-corrected chi connectivity index (χ0v) is 12.1. The maximum atomic E-state index is 13.7. The molecule has 0 amide bonds. The number of ether oxygens (including phenoxy) is 1. The van der Waals surface area contributed by atoms with Gasteiger partial charge in [0, 0.05) is 6.04 Å². The van der Waals surface area contributed by atoms with Gasteiger partial charge in [0.25, 0.3) is 0 Å². The van der Waals surface area contributed by atoms with Gasteiger partial charge < -0.3 is 10.5 Å². The maximum absolute atomic E-state index is 13.7. The van der Waals surface area contributed by atoms with Gasteiger partial charge in [-0.3, -0.25) is 0 Å². The zero-order chi connectivity index (χ0) is 15.4. The smallest absolute Gasteiger partial charge is 0.162 e. The van der Waals surface area contributed by atoms with Crippen molar-refractivity contribution < 1.29 is 13.5 Å². The fourth-order valence-electron chi connectivity index (χ4n) is 2.15. The van der Waals surface area contributed by atoms with E-state index in [1.54, 1.807) is 6.07 Å². The Hall–Kier alpha value is -1.94. The largest absolute Gasteiger partial charge is 0.491 e. The first-order chi connectivity index (χ1) is 9.97. The van der Waals surface area contributed by atoms with E-state index in [1.807, 2.05) is 38.1 Å². The van der Waals surface area contributed by atoms with Gasteiger partial charge >= 0.3 is 0 Å². The lowest BCUT2D eigenvalue weighted by atomic mass is 9.99. The van der Waals surface area contributed by atoms with E-state index in [-0.39, 0.29) is 18.1 Å². The van der Waals surface area contributed by atoms with Gasteiger partial charge in [-0.2, -0.15) is 0 Å². The summed E-state index contributed by atoms with van der Waals surface area (Å²) in [4.78, 5) is 0. The lowest BCUT2D eigenvalue weighted by molar-refractivity contribution is 0.242. The van der Waals surface area contributed by atoms with E-state index in [0.29, 0.717) is 0 Å². The van der Waals surface area contributed by atoms with Crippen molar-refractivity contribution in [1.29, 1.82) is 0 Å². The number of nitrogens with two attached hydrogens (primary N) is 1. The molecule has 2 aromatic rings. The quantitative estimate of drug-likeness (QED) is 0.904. The number of hydrogen-bond donors (Lipinski definition) is 1. The molecule has 0 radical (unpaired) electrons. The van der Waals surface area contributed by atoms with Crippen molar-refractivity contribution >= 4 is 0 Å². The fourth-order valence-corrected chi connectivity index (χ4v) is 2.15. The molecule has 21 heavy (non-hydrogen) atoms. The molecule has 1 unspecified atom stereocenters. The third-order valence-electron chi connectivity index (χ3n) is 3.13. The van der Waals surface area contributed by atoms with E-state index < -0.39 is 17.7 Å². The molecule has 0 aliphatic carbocycles. The van der Waals surface area contributed by atoms with E-state index in [1.165, 1.54) is 6.07 Å². The molecular weight excluding hydrogens is 272 g/mol. The molecule has 0 heterocycles. The molecule has 2 nitrogen and oxygen atoms in total. The molecule has 2 rings (SSSR count). The van der Waals surface area contributed by atoms with E-state index >= 15 is 0 Å². The Morgan fingerprint density at radius 1 is 1.10 bits per heavy atom. The summed E-state index contributed by atoms with van der Waals surface area (Å²) in [6.07, 6.45) is 0.298. The Morgan fingerprint density at radius 3 is 2.52 bits per heavy atom. The second kappa shape index (κ2) is 6.68. The summed E-state index contributed by atoms with van der Waals surface area (Å²) in [5.41, 5.74) is 7.21. The van der Waals surface area contributed by atoms with Crippen molar-refractivity contribution in [2.24, 2.45) is 5.73 Å². The van der Waals surface area contributed by atoms with Crippen LogP contribution in [0.1, 0.15) is 31.0 Å². The van der Waals surface area contributed by atoms with Crippen molar-refractivity contribution in [1.82, 2.24) is 0 Å². The Morgan fingerprint density at radius 2 is 1.81 bits per heavy atom. The molecule has 0 aromatic heterocycles. The molecular formula is C17H19F2NO. The van der Waals surface area contributed by atoms with E-state index in [4.69, 9.17) is 10.5 Å². The first kappa shape index (κ1) is 15.4. The minimum Gasteiger partial charge on any atom is -0.491 e. The van der Waals surface area contributed by atoms with Crippen LogP contribution in [0.25, 0.3) is 0 Å². The molecule has 0 spiro atoms. The molecule has 0 aliphatic rings. The molecule has 4 heteroatoms. The van der Waals surface area contributed by atoms with Crippen molar-refractivity contribution in [2.45, 2.75) is 32.4 Å². The summed E-state index contributed by atoms with van der Waals surface area (Å²) in [5.74, 6) is -0.961. The van der Waals surface area contributed by atoms with Gasteiger partial charge in [0.15, 0.2) is 11.6 Å². The highest BCUT2D eigenvalue weighted by Crippen LogP contribution is 2.23. The predicted octanol–water partition coefficient (Wildman–Crippen LogP) is 3.99. The first-order valence-electron chi connectivity index (χ1n) is 6.92. The van der Waals surface area contributed by atoms with Gasteiger partial charge in [0.1, 0.15) is 5.75 Å². The highest BCUT2D eigenvalue weighted by Gasteiger charge is 2.13. The van der Waals surface area contributed by atoms with Crippen LogP contribution in [-0.4, -0.2) is 6.10 Å². The van der Waals surface area contributed by atoms with Crippen molar-refractivity contribution in [3.05, 3.63) is 65.2 Å². The summed E-state index contributed by atoms with van der Waals surface area (Å²) in [5, 5.41) is 0. The van der Waals surface area contributed by atoms with Gasteiger partial charge in [-0.15, -0.1) is 0 Å². The molecule has 112 valence electrons. The van der Waals surface area contributed by atoms with Crippen molar-refractivity contribution in [3.63, 3.8) is 0 Å². The highest BCUT2D eigenvalue weighted by molar-refractivity contribution is 5.32. The van der Waals surface area contributed by atoms with Crippen LogP contribution < -0.4 is 10.5 Å². The summed E-state index contributed by atoms with van der Waals surface area (Å²) < 4.78 is 32.5. The average Bonchev–Trinajstić information content (AvgIpc) is 2.43. The minimum atomic E-state index is -0.850. The monoisotopic (exact) mass is 291 g/mol. The highest BCUT2D eigenvalue weighted by atomic mass is 19.2. The van der Waals surface area contributed by atoms with Crippen LogP contribution in [0.2, 0.25) is 0 Å². The van der Waals surface area contributed by atoms with E-state index in [2.05, 4.69) is 0 Å². The van der Waals surface area contributed by atoms with Gasteiger partial charge in [-0.1, -0.05) is 24.3 Å². The summed E-state index contributed by atoms with van der Waals surface area (Å²) in [6.45, 7) is 3.88. The van der Waals surface area contributed by atoms with Gasteiger partial charge in [-0.05, 0) is 49.6 Å². The van der Waals surface area contributed by atoms with Crippen LogP contribution >= 0.6 is 0 Å². The Bertz CT molecular complexity index is 613. The normalized spacial score (nSPS) is 12.5. The molecule has 0 bridgehead atoms. The summed E-state index contributed by atoms with van der Waals surface area (Å²) >= 11 is 0. The number of halogens is 2. The third-order valence-corrected chi connectivity index (χ3v) is 3.13. The fraction of sp³-hybridized carbons (Fsp3) is 0.294. The Kier molecular flexibility index (Phi) is 4.91. The molecule has 0 aliphatic heterocycles. The van der Waals surface area contributed by atoms with Gasteiger partial charge in [0.05, 0.1) is 6.10 Å². The average molecular weight is 291 g/mol. The topological polar surface area (TPSA) is 35.2 Å². The Labute approximate surface area is 123 Å². The van der Waals surface area contributed by atoms with Crippen LogP contribution in [0.5, 0.6) is 5.75 Å². The number of benzene rings is 2. The zero-order valence-electron chi connectivity index (χ0n) is 12.1. The van der Waals surface area contributed by atoms with Crippen molar-refractivity contribution in [2.75, 3.05) is 0 Å². The number of rotatable bonds is 5. The molecule has 0 fully saturated rings. The molecule has 0 saturated heterocycles. The van der Waals surface area contributed by atoms with Gasteiger partial charge in [0.2, 0.25) is 0 Å². The SMILES string of the molecule is CC(C)Oc1cccc(C(N)Cc2cccc(F)c2F)c1. The van der Waals surface area contributed by atoms with E-state index in [0.717, 1.165) is 17.4 Å². The summed E-state index contributed by atoms with van der Waals surface area (Å²) in [7, 11) is 0. The molecule has 2 N–H and O–H groups in total. The predicted molar refractivity (Wildman–Crippen MR) is 79.2 cm³/mol. The maximum Gasteiger partial charge on any atom is 0.162 e. The molecule has 1 atom stereocenters. The summed E-state index contributed by atoms with van der Waals surface area (Å²) in [6, 6.07) is 11.1. The second-order valence-corrected chi connectivity index (χ2v) is 5.26. The molecule has 2 aromatic carbocycles. The third kappa shape index (κ3) is 4.02. The van der Waals surface area contributed by atoms with Crippen LogP contribution in [-0.2, 0) is 6.42 Å².